The summed E-state index contributed by atoms with van der Waals surface area (Å²) in [6, 6.07) is 4.63. The van der Waals surface area contributed by atoms with E-state index in [1.54, 1.807) is 0 Å². The molecule has 0 atom stereocenters. The van der Waals surface area contributed by atoms with Crippen molar-refractivity contribution in [2.24, 2.45) is 0 Å². The molecule has 0 saturated heterocycles. The van der Waals surface area contributed by atoms with E-state index < -0.39 is 51.7 Å². The Labute approximate surface area is 192 Å². The first-order chi connectivity index (χ1) is 16.7. The molecular weight excluding hydrogens is 478 g/mol. The van der Waals surface area contributed by atoms with Crippen LogP contribution < -0.4 is 5.73 Å². The van der Waals surface area contributed by atoms with Crippen LogP contribution in [0.15, 0.2) is 35.0 Å². The van der Waals surface area contributed by atoms with E-state index in [2.05, 4.69) is 20.2 Å². The summed E-state index contributed by atoms with van der Waals surface area (Å²) in [5, 5.41) is 7.57. The molecule has 35 heavy (non-hydrogen) atoms. The largest absolute Gasteiger partial charge is 0.380 e. The quantitative estimate of drug-likeness (QED) is 0.285. The van der Waals surface area contributed by atoms with Crippen molar-refractivity contribution in [3.8, 4) is 34.0 Å². The number of fused-ring (bicyclic) bond motifs is 1. The highest BCUT2D eigenvalue weighted by Gasteiger charge is 2.27. The Morgan fingerprint density at radius 2 is 1.63 bits per heavy atom. The minimum absolute atomic E-state index is 0.00681. The maximum atomic E-state index is 14.3. The first-order valence-electron chi connectivity index (χ1n) is 9.89. The van der Waals surface area contributed by atoms with E-state index in [0.29, 0.717) is 0 Å². The van der Waals surface area contributed by atoms with Crippen LogP contribution in [0.5, 0.6) is 0 Å². The standard InChI is InChI=1S/C22H12F6N6O/c1-8-15(24)18(27)14(19(28)16(8)25)12-5-9(35-33-12)6-34-7-13-20(21(29)32-34)31-22(30-13)10-3-2-4-11(23)17(10)26/h2-5,7H,6H2,1H3,(H2,29,32). The van der Waals surface area contributed by atoms with E-state index in [0.717, 1.165) is 19.1 Å². The van der Waals surface area contributed by atoms with Crippen molar-refractivity contribution >= 4 is 5.82 Å². The van der Waals surface area contributed by atoms with Crippen LogP contribution >= 0.6 is 0 Å². The summed E-state index contributed by atoms with van der Waals surface area (Å²) < 4.78 is 90.4. The minimum atomic E-state index is -1.61. The Hall–Kier alpha value is -4.42. The summed E-state index contributed by atoms with van der Waals surface area (Å²) >= 11 is 0. The van der Waals surface area contributed by atoms with E-state index in [1.807, 2.05) is 0 Å². The van der Waals surface area contributed by atoms with E-state index in [9.17, 15) is 26.3 Å². The van der Waals surface area contributed by atoms with Crippen molar-refractivity contribution in [3.63, 3.8) is 0 Å². The summed E-state index contributed by atoms with van der Waals surface area (Å²) in [6.07, 6.45) is 1.37. The number of nitrogen functional groups attached to an aromatic ring is 1. The van der Waals surface area contributed by atoms with Gasteiger partial charge in [-0.15, -0.1) is 0 Å². The number of benzene rings is 2. The van der Waals surface area contributed by atoms with Crippen LogP contribution in [0.4, 0.5) is 32.2 Å². The van der Waals surface area contributed by atoms with Crippen molar-refractivity contribution in [2.75, 3.05) is 5.73 Å². The average Bonchev–Trinajstić information content (AvgIpc) is 3.46. The molecule has 0 amide bonds. The molecule has 0 radical (unpaired) electrons. The maximum absolute atomic E-state index is 14.3. The van der Waals surface area contributed by atoms with Gasteiger partial charge in [0.15, 0.2) is 52.3 Å². The van der Waals surface area contributed by atoms with Crippen molar-refractivity contribution in [1.82, 2.24) is 24.9 Å². The van der Waals surface area contributed by atoms with Crippen LogP contribution in [0, 0.1) is 41.8 Å². The Bertz CT molecular complexity index is 1550. The van der Waals surface area contributed by atoms with Gasteiger partial charge in [0, 0.05) is 11.6 Å². The third-order valence-corrected chi connectivity index (χ3v) is 5.25. The second-order valence-electron chi connectivity index (χ2n) is 7.53. The van der Waals surface area contributed by atoms with Gasteiger partial charge in [0.2, 0.25) is 0 Å². The molecule has 2 aliphatic heterocycles. The van der Waals surface area contributed by atoms with Gasteiger partial charge in [0.05, 0.1) is 17.3 Å². The second-order valence-corrected chi connectivity index (χ2v) is 7.53. The Kier molecular flexibility index (Phi) is 5.19. The zero-order chi connectivity index (χ0) is 25.0. The Morgan fingerprint density at radius 1 is 0.914 bits per heavy atom. The first-order valence-corrected chi connectivity index (χ1v) is 9.89. The summed E-state index contributed by atoms with van der Waals surface area (Å²) in [5.74, 6) is -8.70. The molecule has 0 fully saturated rings. The van der Waals surface area contributed by atoms with Gasteiger partial charge in [-0.05, 0) is 19.1 Å². The van der Waals surface area contributed by atoms with Crippen molar-refractivity contribution in [2.45, 2.75) is 13.5 Å². The number of nitrogens with zero attached hydrogens (tertiary/aromatic N) is 5. The normalized spacial score (nSPS) is 11.5. The van der Waals surface area contributed by atoms with Crippen molar-refractivity contribution in [1.29, 1.82) is 0 Å². The van der Waals surface area contributed by atoms with Gasteiger partial charge in [-0.1, -0.05) is 11.2 Å². The summed E-state index contributed by atoms with van der Waals surface area (Å²) in [5.41, 5.74) is 3.78. The van der Waals surface area contributed by atoms with Gasteiger partial charge in [-0.25, -0.2) is 36.3 Å². The summed E-state index contributed by atoms with van der Waals surface area (Å²) in [6.45, 7) is 0.724. The average molecular weight is 490 g/mol. The molecule has 7 nitrogen and oxygen atoms in total. The van der Waals surface area contributed by atoms with Crippen LogP contribution in [-0.2, 0) is 6.54 Å². The molecule has 5 rings (SSSR count). The Morgan fingerprint density at radius 3 is 2.34 bits per heavy atom. The van der Waals surface area contributed by atoms with Gasteiger partial charge in [-0.3, -0.25) is 4.68 Å². The third-order valence-electron chi connectivity index (χ3n) is 5.25. The van der Waals surface area contributed by atoms with Crippen LogP contribution in [-0.4, -0.2) is 24.9 Å². The molecule has 0 unspecified atom stereocenters. The molecule has 1 aromatic heterocycles. The lowest BCUT2D eigenvalue weighted by Gasteiger charge is -2.07. The number of hydrogen-bond donors (Lipinski definition) is 1. The maximum Gasteiger partial charge on any atom is 0.172 e. The van der Waals surface area contributed by atoms with Gasteiger partial charge in [-0.2, -0.15) is 5.10 Å². The van der Waals surface area contributed by atoms with Gasteiger partial charge in [0.1, 0.15) is 23.6 Å². The number of imidazole rings is 1. The topological polar surface area (TPSA) is 95.7 Å². The van der Waals surface area contributed by atoms with Crippen molar-refractivity contribution in [3.05, 3.63) is 76.7 Å². The van der Waals surface area contributed by atoms with E-state index in [-0.39, 0.29) is 40.9 Å². The molecule has 3 aromatic rings. The second kappa shape index (κ2) is 8.11. The van der Waals surface area contributed by atoms with Crippen LogP contribution in [0.2, 0.25) is 0 Å². The molecule has 0 spiro atoms. The highest BCUT2D eigenvalue weighted by molar-refractivity contribution is 5.72. The van der Waals surface area contributed by atoms with E-state index in [1.165, 1.54) is 23.0 Å². The molecule has 2 aliphatic rings. The minimum Gasteiger partial charge on any atom is -0.380 e. The fourth-order valence-corrected chi connectivity index (χ4v) is 3.50. The van der Waals surface area contributed by atoms with Crippen LogP contribution in [0.1, 0.15) is 11.3 Å². The lowest BCUT2D eigenvalue weighted by atomic mass is 10.1. The van der Waals surface area contributed by atoms with Gasteiger partial charge < -0.3 is 10.3 Å². The summed E-state index contributed by atoms with van der Waals surface area (Å²) in [7, 11) is 0. The number of anilines is 1. The molecule has 2 N–H and O–H groups in total. The number of nitrogens with two attached hydrogens (primary N) is 1. The summed E-state index contributed by atoms with van der Waals surface area (Å²) in [4.78, 5) is 8.27. The van der Waals surface area contributed by atoms with E-state index in [4.69, 9.17) is 10.3 Å². The SMILES string of the molecule is Cc1c(F)c(F)c(-c2cc(Cn3cc4nc(-c5cccc(F)c5F)nc-4c(N)n3)on2)c(F)c1F. The van der Waals surface area contributed by atoms with Gasteiger partial charge in [0.25, 0.3) is 0 Å². The monoisotopic (exact) mass is 490 g/mol. The lowest BCUT2D eigenvalue weighted by molar-refractivity contribution is 0.371. The fraction of sp³-hybridized carbons (Fsp3) is 0.0909. The zero-order valence-corrected chi connectivity index (χ0v) is 17.6. The number of rotatable bonds is 4. The van der Waals surface area contributed by atoms with Crippen molar-refractivity contribution < 1.29 is 30.9 Å². The molecule has 2 aromatic carbocycles. The Balaban J connectivity index is 1.49. The predicted octanol–water partition coefficient (Wildman–Crippen LogP) is 4.87. The molecule has 0 aliphatic carbocycles. The first kappa shape index (κ1) is 22.4. The third kappa shape index (κ3) is 3.64. The smallest absolute Gasteiger partial charge is 0.172 e. The van der Waals surface area contributed by atoms with Crippen LogP contribution in [0.3, 0.4) is 0 Å². The molecule has 178 valence electrons. The highest BCUT2D eigenvalue weighted by atomic mass is 19.2. The molecule has 13 heteroatoms. The predicted molar refractivity (Wildman–Crippen MR) is 110 cm³/mol. The molecular formula is C22H12F6N6O. The number of halogens is 6. The van der Waals surface area contributed by atoms with Crippen LogP contribution in [0.25, 0.3) is 34.0 Å². The molecule has 0 bridgehead atoms. The zero-order valence-electron chi connectivity index (χ0n) is 17.6. The molecule has 3 heterocycles. The fourth-order valence-electron chi connectivity index (χ4n) is 3.50. The highest BCUT2D eigenvalue weighted by Crippen LogP contribution is 2.33. The molecule has 0 saturated carbocycles. The van der Waals surface area contributed by atoms with E-state index >= 15 is 0 Å². The number of aromatic nitrogens is 5. The lowest BCUT2D eigenvalue weighted by Crippen LogP contribution is -2.09. The number of hydrogen-bond acceptors (Lipinski definition) is 6. The van der Waals surface area contributed by atoms with Gasteiger partial charge >= 0.3 is 0 Å².